The van der Waals surface area contributed by atoms with Gasteiger partial charge in [0.05, 0.1) is 27.0 Å². The molecule has 0 fully saturated rings. The van der Waals surface area contributed by atoms with E-state index in [4.69, 9.17) is 19.2 Å². The monoisotopic (exact) mass is 426 g/mol. The molecule has 0 saturated carbocycles. The molecule has 0 saturated heterocycles. The number of ether oxygens (including phenoxy) is 3. The standard InChI is InChI=1S/C23H26N2O4S/c1-14-7-6-8-16(11-14)23-25-15(2)20(30-23)9-10-24-22(26)17-12-18(27-3)21(29-5)19(13-17)28-4/h6-8,11-13H,9-10H2,1-5H3,(H,24,26). The van der Waals surface area contributed by atoms with Gasteiger partial charge in [-0.15, -0.1) is 11.3 Å². The fraction of sp³-hybridized carbons (Fsp3) is 0.304. The molecule has 158 valence electrons. The molecular weight excluding hydrogens is 400 g/mol. The van der Waals surface area contributed by atoms with Gasteiger partial charge in [-0.3, -0.25) is 4.79 Å². The quantitative estimate of drug-likeness (QED) is 0.577. The van der Waals surface area contributed by atoms with Gasteiger partial charge in [-0.1, -0.05) is 23.8 Å². The fourth-order valence-corrected chi connectivity index (χ4v) is 4.22. The number of aryl methyl sites for hydroxylation is 2. The van der Waals surface area contributed by atoms with Crippen LogP contribution >= 0.6 is 11.3 Å². The predicted octanol–water partition coefficient (Wildman–Crippen LogP) is 4.43. The SMILES string of the molecule is COc1cc(C(=O)NCCc2sc(-c3cccc(C)c3)nc2C)cc(OC)c1OC. The van der Waals surface area contributed by atoms with Gasteiger partial charge < -0.3 is 19.5 Å². The molecule has 1 N–H and O–H groups in total. The summed E-state index contributed by atoms with van der Waals surface area (Å²) in [5, 5.41) is 3.96. The number of thiazole rings is 1. The summed E-state index contributed by atoms with van der Waals surface area (Å²) in [5.41, 5.74) is 3.78. The lowest BCUT2D eigenvalue weighted by molar-refractivity contribution is 0.0953. The van der Waals surface area contributed by atoms with Gasteiger partial charge in [0.2, 0.25) is 5.75 Å². The Morgan fingerprint density at radius 2 is 1.73 bits per heavy atom. The third-order valence-corrected chi connectivity index (χ3v) is 5.99. The molecule has 0 aliphatic rings. The van der Waals surface area contributed by atoms with Gasteiger partial charge in [-0.25, -0.2) is 4.98 Å². The van der Waals surface area contributed by atoms with E-state index >= 15 is 0 Å². The van der Waals surface area contributed by atoms with E-state index in [1.165, 1.54) is 26.9 Å². The molecule has 0 radical (unpaired) electrons. The minimum Gasteiger partial charge on any atom is -0.493 e. The third-order valence-electron chi connectivity index (χ3n) is 4.72. The van der Waals surface area contributed by atoms with Crippen molar-refractivity contribution in [1.82, 2.24) is 10.3 Å². The number of aromatic nitrogens is 1. The van der Waals surface area contributed by atoms with Crippen molar-refractivity contribution in [1.29, 1.82) is 0 Å². The molecule has 30 heavy (non-hydrogen) atoms. The smallest absolute Gasteiger partial charge is 0.251 e. The van der Waals surface area contributed by atoms with Crippen LogP contribution < -0.4 is 19.5 Å². The zero-order chi connectivity index (χ0) is 21.7. The van der Waals surface area contributed by atoms with E-state index in [0.717, 1.165) is 21.1 Å². The van der Waals surface area contributed by atoms with Gasteiger partial charge in [0.25, 0.3) is 5.91 Å². The van der Waals surface area contributed by atoms with E-state index in [9.17, 15) is 4.79 Å². The van der Waals surface area contributed by atoms with E-state index in [1.54, 1.807) is 23.5 Å². The van der Waals surface area contributed by atoms with Crippen molar-refractivity contribution < 1.29 is 19.0 Å². The number of carbonyl (C=O) groups excluding carboxylic acids is 1. The molecular formula is C23H26N2O4S. The number of amides is 1. The first kappa shape index (κ1) is 21.6. The van der Waals surface area contributed by atoms with Crippen molar-refractivity contribution in [2.45, 2.75) is 20.3 Å². The van der Waals surface area contributed by atoms with Crippen LogP contribution in [0.5, 0.6) is 17.2 Å². The molecule has 0 aliphatic heterocycles. The molecule has 0 spiro atoms. The zero-order valence-electron chi connectivity index (χ0n) is 17.9. The number of methoxy groups -OCH3 is 3. The van der Waals surface area contributed by atoms with Crippen LogP contribution in [0.3, 0.4) is 0 Å². The number of hydrogen-bond acceptors (Lipinski definition) is 6. The Kier molecular flexibility index (Phi) is 6.95. The van der Waals surface area contributed by atoms with Crippen molar-refractivity contribution in [3.05, 3.63) is 58.1 Å². The highest BCUT2D eigenvalue weighted by Gasteiger charge is 2.17. The van der Waals surface area contributed by atoms with Crippen LogP contribution in [-0.2, 0) is 6.42 Å². The first-order valence-corrected chi connectivity index (χ1v) is 10.4. The summed E-state index contributed by atoms with van der Waals surface area (Å²) in [6, 6.07) is 11.6. The Labute approximate surface area is 180 Å². The van der Waals surface area contributed by atoms with E-state index in [-0.39, 0.29) is 5.91 Å². The van der Waals surface area contributed by atoms with E-state index < -0.39 is 0 Å². The maximum absolute atomic E-state index is 12.6. The summed E-state index contributed by atoms with van der Waals surface area (Å²) in [5.74, 6) is 1.15. The van der Waals surface area contributed by atoms with Crippen LogP contribution in [0, 0.1) is 13.8 Å². The van der Waals surface area contributed by atoms with E-state index in [0.29, 0.717) is 35.8 Å². The van der Waals surface area contributed by atoms with Gasteiger partial charge in [-0.2, -0.15) is 0 Å². The lowest BCUT2D eigenvalue weighted by Crippen LogP contribution is -2.25. The van der Waals surface area contributed by atoms with Gasteiger partial charge in [0.15, 0.2) is 11.5 Å². The van der Waals surface area contributed by atoms with Crippen molar-refractivity contribution >= 4 is 17.2 Å². The van der Waals surface area contributed by atoms with Crippen molar-refractivity contribution in [3.63, 3.8) is 0 Å². The Hall–Kier alpha value is -3.06. The molecule has 0 aliphatic carbocycles. The van der Waals surface area contributed by atoms with Crippen molar-refractivity contribution in [2.24, 2.45) is 0 Å². The second kappa shape index (κ2) is 9.63. The molecule has 6 nitrogen and oxygen atoms in total. The second-order valence-corrected chi connectivity index (χ2v) is 7.90. The fourth-order valence-electron chi connectivity index (χ4n) is 3.17. The number of rotatable bonds is 8. The number of nitrogens with zero attached hydrogens (tertiary/aromatic N) is 1. The van der Waals surface area contributed by atoms with Gasteiger partial charge in [0, 0.05) is 29.0 Å². The number of nitrogens with one attached hydrogen (secondary N) is 1. The first-order chi connectivity index (χ1) is 14.5. The highest BCUT2D eigenvalue weighted by molar-refractivity contribution is 7.15. The summed E-state index contributed by atoms with van der Waals surface area (Å²) in [4.78, 5) is 18.5. The van der Waals surface area contributed by atoms with Crippen LogP contribution in [0.1, 0.15) is 26.5 Å². The van der Waals surface area contributed by atoms with E-state index in [2.05, 4.69) is 30.4 Å². The van der Waals surface area contributed by atoms with Crippen LogP contribution in [-0.4, -0.2) is 38.8 Å². The Morgan fingerprint density at radius 1 is 1.03 bits per heavy atom. The minimum atomic E-state index is -0.199. The van der Waals surface area contributed by atoms with Gasteiger partial charge in [0.1, 0.15) is 5.01 Å². The molecule has 0 unspecified atom stereocenters. The Balaban J connectivity index is 1.68. The zero-order valence-corrected chi connectivity index (χ0v) is 18.7. The van der Waals surface area contributed by atoms with Crippen LogP contribution in [0.4, 0.5) is 0 Å². The average Bonchev–Trinajstić information content (AvgIpc) is 3.13. The Bertz CT molecular complexity index is 1020. The maximum Gasteiger partial charge on any atom is 0.251 e. The third kappa shape index (κ3) is 4.74. The number of hydrogen-bond donors (Lipinski definition) is 1. The molecule has 7 heteroatoms. The first-order valence-electron chi connectivity index (χ1n) is 9.58. The molecule has 1 aromatic heterocycles. The lowest BCUT2D eigenvalue weighted by Gasteiger charge is -2.14. The molecule has 0 atom stereocenters. The van der Waals surface area contributed by atoms with Crippen LogP contribution in [0.25, 0.3) is 10.6 Å². The summed E-state index contributed by atoms with van der Waals surface area (Å²) in [7, 11) is 4.58. The number of carbonyl (C=O) groups is 1. The predicted molar refractivity (Wildman–Crippen MR) is 119 cm³/mol. The van der Waals surface area contributed by atoms with Crippen molar-refractivity contribution in [2.75, 3.05) is 27.9 Å². The summed E-state index contributed by atoms with van der Waals surface area (Å²) in [6.07, 6.45) is 0.714. The van der Waals surface area contributed by atoms with Crippen LogP contribution in [0.2, 0.25) is 0 Å². The molecule has 0 bridgehead atoms. The van der Waals surface area contributed by atoms with Gasteiger partial charge >= 0.3 is 0 Å². The molecule has 3 rings (SSSR count). The normalized spacial score (nSPS) is 10.6. The molecule has 1 heterocycles. The second-order valence-electron chi connectivity index (χ2n) is 6.82. The summed E-state index contributed by atoms with van der Waals surface area (Å²) in [6.45, 7) is 4.58. The van der Waals surface area contributed by atoms with E-state index in [1.807, 2.05) is 13.0 Å². The lowest BCUT2D eigenvalue weighted by atomic mass is 10.1. The highest BCUT2D eigenvalue weighted by Crippen LogP contribution is 2.38. The summed E-state index contributed by atoms with van der Waals surface area (Å²) >= 11 is 1.67. The summed E-state index contributed by atoms with van der Waals surface area (Å²) < 4.78 is 15.9. The average molecular weight is 427 g/mol. The number of benzene rings is 2. The highest BCUT2D eigenvalue weighted by atomic mass is 32.1. The molecule has 1 amide bonds. The molecule has 2 aromatic carbocycles. The Morgan fingerprint density at radius 3 is 2.33 bits per heavy atom. The molecule has 3 aromatic rings. The van der Waals surface area contributed by atoms with Gasteiger partial charge in [-0.05, 0) is 32.0 Å². The minimum absolute atomic E-state index is 0.199. The topological polar surface area (TPSA) is 69.7 Å². The van der Waals surface area contributed by atoms with Crippen molar-refractivity contribution in [3.8, 4) is 27.8 Å². The largest absolute Gasteiger partial charge is 0.493 e. The van der Waals surface area contributed by atoms with Crippen LogP contribution in [0.15, 0.2) is 36.4 Å². The maximum atomic E-state index is 12.6.